The molecule has 0 saturated heterocycles. The van der Waals surface area contributed by atoms with E-state index in [1.54, 1.807) is 12.1 Å². The Morgan fingerprint density at radius 3 is 2.52 bits per heavy atom. The van der Waals surface area contributed by atoms with E-state index in [9.17, 15) is 24.3 Å². The number of aromatic amines is 1. The van der Waals surface area contributed by atoms with E-state index < -0.39 is 23.5 Å². The van der Waals surface area contributed by atoms with Crippen molar-refractivity contribution in [2.75, 3.05) is 11.1 Å². The molecule has 0 unspecified atom stereocenters. The Morgan fingerprint density at radius 2 is 1.88 bits per heavy atom. The number of carbonyl (C=O) groups is 3. The molecule has 6 N–H and O–H groups in total. The fraction of sp³-hybridized carbons (Fsp3) is 0.211. The zero-order chi connectivity index (χ0) is 23.3. The predicted octanol–water partition coefficient (Wildman–Crippen LogP) is -0.0585. The van der Waals surface area contributed by atoms with Crippen LogP contribution < -0.4 is 21.9 Å². The summed E-state index contributed by atoms with van der Waals surface area (Å²) in [6.45, 7) is 0.257. The Balaban J connectivity index is 0.00000385. The summed E-state index contributed by atoms with van der Waals surface area (Å²) >= 11 is 0.446. The topological polar surface area (TPSA) is 193 Å². The maximum absolute atomic E-state index is 12.3. The molecule has 171 valence electrons. The van der Waals surface area contributed by atoms with Crippen LogP contribution in [0, 0.1) is 0 Å². The standard InChI is InChI=1S/C19H18N7O5.Ni.Zn/c20-19-25-15-14(17(29)26-19)23-12(9-22-15)8-21-11-5-3-10(4-6-11)16(28)24-13(18(30)31)2-1-7-27;;/h3-6,9,13,21H,1-2,8H2,(H,24,28)(H,30,31)(H3,20,22,25,26,29);;/t13-;;/m0../s1. The second-order valence-corrected chi connectivity index (χ2v) is 8.51. The van der Waals surface area contributed by atoms with Crippen molar-refractivity contribution in [2.45, 2.75) is 25.4 Å². The Labute approximate surface area is 206 Å². The second kappa shape index (κ2) is 11.6. The maximum atomic E-state index is 12.3. The van der Waals surface area contributed by atoms with E-state index in [0.717, 1.165) is 0 Å². The number of carboxylic acid groups (broad SMARTS) is 1. The van der Waals surface area contributed by atoms with E-state index in [4.69, 9.17) is 5.73 Å². The van der Waals surface area contributed by atoms with Crippen molar-refractivity contribution >= 4 is 39.1 Å². The molecule has 3 rings (SSSR count). The largest absolute Gasteiger partial charge is 0.291 e. The number of aromatic nitrogens is 4. The minimum Gasteiger partial charge on any atom is -0.291 e. The minimum atomic E-state index is -1.19. The van der Waals surface area contributed by atoms with Gasteiger partial charge in [-0.3, -0.25) is 9.78 Å². The number of benzene rings is 1. The Kier molecular flexibility index (Phi) is 9.13. The molecule has 14 heteroatoms. The summed E-state index contributed by atoms with van der Waals surface area (Å²) in [6.07, 6.45) is 1.64. The third-order valence-electron chi connectivity index (χ3n) is 4.42. The van der Waals surface area contributed by atoms with E-state index in [2.05, 4.69) is 30.6 Å². The van der Waals surface area contributed by atoms with Crippen LogP contribution in [0.2, 0.25) is 0 Å². The van der Waals surface area contributed by atoms with Gasteiger partial charge < -0.3 is 5.73 Å². The number of fused-ring (bicyclic) bond motifs is 1. The third-order valence-corrected chi connectivity index (χ3v) is 5.16. The normalized spacial score (nSPS) is 11.3. The number of aliphatic carboxylic acids is 1. The first kappa shape index (κ1) is 26.0. The first-order valence-corrected chi connectivity index (χ1v) is 10.9. The van der Waals surface area contributed by atoms with Crippen LogP contribution in [0.4, 0.5) is 11.6 Å². The summed E-state index contributed by atoms with van der Waals surface area (Å²) in [5, 5.41) is 14.8. The van der Waals surface area contributed by atoms with Gasteiger partial charge >= 0.3 is 126 Å². The van der Waals surface area contributed by atoms with E-state index in [0.29, 0.717) is 29.7 Å². The van der Waals surface area contributed by atoms with E-state index in [1.807, 2.05) is 0 Å². The molecule has 0 fully saturated rings. The number of hydrogen-bond acceptors (Lipinski definition) is 9. The van der Waals surface area contributed by atoms with Crippen molar-refractivity contribution in [3.8, 4) is 0 Å². The third kappa shape index (κ3) is 7.13. The summed E-state index contributed by atoms with van der Waals surface area (Å²) in [7, 11) is 0. The molecule has 0 spiro atoms. The summed E-state index contributed by atoms with van der Waals surface area (Å²) in [4.78, 5) is 61.3. The van der Waals surface area contributed by atoms with Gasteiger partial charge in [0.2, 0.25) is 5.95 Å². The van der Waals surface area contributed by atoms with Crippen molar-refractivity contribution in [3.63, 3.8) is 0 Å². The Morgan fingerprint density at radius 1 is 1.18 bits per heavy atom. The van der Waals surface area contributed by atoms with Crippen molar-refractivity contribution in [3.05, 3.63) is 52.1 Å². The van der Waals surface area contributed by atoms with Crippen LogP contribution in [-0.2, 0) is 50.9 Å². The van der Waals surface area contributed by atoms with Crippen LogP contribution in [0.1, 0.15) is 28.9 Å². The smallest absolute Gasteiger partial charge is 0.280 e. The fourth-order valence-electron chi connectivity index (χ4n) is 2.79. The van der Waals surface area contributed by atoms with Gasteiger partial charge in [0.05, 0.1) is 11.9 Å². The van der Waals surface area contributed by atoms with Crippen molar-refractivity contribution in [2.24, 2.45) is 0 Å². The van der Waals surface area contributed by atoms with Gasteiger partial charge in [0.25, 0.3) is 5.56 Å². The number of rotatable bonds is 9. The Hall–Kier alpha value is -3.23. The summed E-state index contributed by atoms with van der Waals surface area (Å²) in [5.41, 5.74) is 6.66. The molecule has 1 amide bonds. The van der Waals surface area contributed by atoms with Gasteiger partial charge in [-0.1, -0.05) is 0 Å². The van der Waals surface area contributed by atoms with Crippen LogP contribution in [0.15, 0.2) is 35.3 Å². The van der Waals surface area contributed by atoms with E-state index >= 15 is 0 Å². The number of hydrogen-bond donors (Lipinski definition) is 5. The number of carbonyl (C=O) groups excluding carboxylic acids is 2. The zero-order valence-electron chi connectivity index (χ0n) is 17.1. The molecule has 0 aliphatic carbocycles. The van der Waals surface area contributed by atoms with Gasteiger partial charge in [0, 0.05) is 16.5 Å². The average Bonchev–Trinajstić information content (AvgIpc) is 2.75. The molecule has 0 aliphatic rings. The number of H-pyrrole nitrogens is 1. The van der Waals surface area contributed by atoms with Crippen LogP contribution in [0.5, 0.6) is 0 Å². The Bertz CT molecular complexity index is 1240. The number of nitrogens with zero attached hydrogens (tertiary/aromatic N) is 3. The minimum absolute atomic E-state index is 0. The summed E-state index contributed by atoms with van der Waals surface area (Å²) in [5.74, 6) is -1.78. The first-order chi connectivity index (χ1) is 15.2. The van der Waals surface area contributed by atoms with Crippen molar-refractivity contribution in [1.29, 1.82) is 0 Å². The number of nitrogens with two attached hydrogens (primary N) is 1. The van der Waals surface area contributed by atoms with Gasteiger partial charge in [-0.2, -0.15) is 4.98 Å². The molecular formula is C19H18N7NiO5Zn. The number of nitrogens with one attached hydrogen (secondary N) is 3. The molecule has 2 heterocycles. The molecule has 33 heavy (non-hydrogen) atoms. The monoisotopic (exact) mass is 546 g/mol. The fourth-order valence-corrected chi connectivity index (χ4v) is 3.22. The van der Waals surface area contributed by atoms with Crippen molar-refractivity contribution in [1.82, 2.24) is 25.3 Å². The molecule has 0 aliphatic heterocycles. The summed E-state index contributed by atoms with van der Waals surface area (Å²) < 4.78 is -0.0259. The maximum Gasteiger partial charge on any atom is 0.280 e. The number of anilines is 2. The molecule has 0 saturated carbocycles. The van der Waals surface area contributed by atoms with E-state index in [-0.39, 0.29) is 62.9 Å². The molecular weight excluding hydrogens is 530 g/mol. The van der Waals surface area contributed by atoms with Crippen LogP contribution in [0.3, 0.4) is 0 Å². The number of nitrogen functional groups attached to an aromatic ring is 1. The van der Waals surface area contributed by atoms with Crippen molar-refractivity contribution < 1.29 is 54.3 Å². The van der Waals surface area contributed by atoms with Gasteiger partial charge in [-0.05, 0) is 0 Å². The molecule has 0 bridgehead atoms. The molecule has 1 atom stereocenters. The molecule has 3 aromatic rings. The van der Waals surface area contributed by atoms with Gasteiger partial charge in [-0.15, -0.1) is 0 Å². The molecule has 12 nitrogen and oxygen atoms in total. The quantitative estimate of drug-likeness (QED) is 0.226. The molecule has 2 aromatic heterocycles. The number of carboxylic acids is 1. The zero-order valence-corrected chi connectivity index (χ0v) is 21.1. The number of amides is 1. The molecule has 0 radical (unpaired) electrons. The van der Waals surface area contributed by atoms with Crippen LogP contribution >= 0.6 is 0 Å². The SMILES string of the molecule is Nc1nc2ncc(CNc3ccc(C(=O)N[C@@H](CC[C](=O)[Zn])C(=O)O)cc3)nc2c(=O)[nH]1.[Ni]. The van der Waals surface area contributed by atoms with E-state index in [1.165, 1.54) is 18.3 Å². The van der Waals surface area contributed by atoms with Gasteiger partial charge in [0.1, 0.15) is 0 Å². The van der Waals surface area contributed by atoms with Gasteiger partial charge in [-0.25, -0.2) is 9.97 Å². The van der Waals surface area contributed by atoms with Gasteiger partial charge in [0.15, 0.2) is 11.2 Å². The predicted molar refractivity (Wildman–Crippen MR) is 109 cm³/mol. The second-order valence-electron chi connectivity index (χ2n) is 6.86. The average molecular weight is 548 g/mol. The van der Waals surface area contributed by atoms with Crippen LogP contribution in [0.25, 0.3) is 11.2 Å². The first-order valence-electron chi connectivity index (χ1n) is 9.46. The molecule has 1 aromatic carbocycles. The summed E-state index contributed by atoms with van der Waals surface area (Å²) in [6, 6.07) is 5.24. The van der Waals surface area contributed by atoms with Crippen LogP contribution in [-0.4, -0.2) is 47.3 Å².